The Kier molecular flexibility index (Phi) is 6.03. The highest BCUT2D eigenvalue weighted by molar-refractivity contribution is 6.00. The summed E-state index contributed by atoms with van der Waals surface area (Å²) < 4.78 is 5.76. The average Bonchev–Trinajstić information content (AvgIpc) is 2.66. The van der Waals surface area contributed by atoms with E-state index in [1.165, 1.54) is 0 Å². The van der Waals surface area contributed by atoms with E-state index >= 15 is 0 Å². The summed E-state index contributed by atoms with van der Waals surface area (Å²) in [5.41, 5.74) is 1.70. The first-order valence-corrected chi connectivity index (χ1v) is 8.89. The van der Waals surface area contributed by atoms with Gasteiger partial charge in [-0.25, -0.2) is 0 Å². The topological polar surface area (TPSA) is 75.7 Å². The molecule has 1 N–H and O–H groups in total. The van der Waals surface area contributed by atoms with Gasteiger partial charge in [0.05, 0.1) is 12.0 Å². The maximum Gasteiger partial charge on any atom is 0.234 e. The minimum atomic E-state index is -0.297. The molecule has 2 heterocycles. The highest BCUT2D eigenvalue weighted by Gasteiger charge is 2.27. The molecule has 0 aliphatic carbocycles. The van der Waals surface area contributed by atoms with Crippen molar-refractivity contribution in [1.82, 2.24) is 10.2 Å². The number of imide groups is 1. The van der Waals surface area contributed by atoms with Gasteiger partial charge in [0.15, 0.2) is 0 Å². The molecule has 1 aromatic rings. The fourth-order valence-electron chi connectivity index (χ4n) is 3.29. The van der Waals surface area contributed by atoms with E-state index in [-0.39, 0.29) is 23.8 Å². The monoisotopic (exact) mass is 354 g/mol. The number of hydrogen-bond acceptors (Lipinski definition) is 4. The van der Waals surface area contributed by atoms with Gasteiger partial charge in [0.25, 0.3) is 0 Å². The second-order valence-corrected chi connectivity index (χ2v) is 6.58. The normalized spacial score (nSPS) is 20.9. The quantitative estimate of drug-likeness (QED) is 0.501. The highest BCUT2D eigenvalue weighted by atomic mass is 16.5. The van der Waals surface area contributed by atoms with Crippen molar-refractivity contribution >= 4 is 18.2 Å². The van der Waals surface area contributed by atoms with E-state index in [9.17, 15) is 14.4 Å². The van der Waals surface area contributed by atoms with Crippen molar-refractivity contribution in [2.45, 2.75) is 37.7 Å². The van der Waals surface area contributed by atoms with Crippen molar-refractivity contribution in [2.75, 3.05) is 19.7 Å². The Labute approximate surface area is 152 Å². The number of hydrogen-bond donors (Lipinski definition) is 1. The van der Waals surface area contributed by atoms with Gasteiger partial charge >= 0.3 is 0 Å². The molecule has 1 aromatic carbocycles. The number of nitrogens with zero attached hydrogens (tertiary/aromatic N) is 1. The van der Waals surface area contributed by atoms with Gasteiger partial charge in [-0.2, -0.15) is 0 Å². The molecule has 2 saturated heterocycles. The van der Waals surface area contributed by atoms with Crippen molar-refractivity contribution in [2.24, 2.45) is 0 Å². The van der Waals surface area contributed by atoms with Crippen LogP contribution in [0.5, 0.6) is 0 Å². The fourth-order valence-corrected chi connectivity index (χ4v) is 3.29. The summed E-state index contributed by atoms with van der Waals surface area (Å²) >= 11 is 0. The van der Waals surface area contributed by atoms with Crippen LogP contribution in [0, 0.1) is 11.8 Å². The van der Waals surface area contributed by atoms with Gasteiger partial charge in [-0.15, -0.1) is 0 Å². The summed E-state index contributed by atoms with van der Waals surface area (Å²) in [7, 11) is 0. The molecular formula is C20H22N2O4. The number of amides is 3. The first-order valence-electron chi connectivity index (χ1n) is 8.89. The van der Waals surface area contributed by atoms with Crippen LogP contribution in [0.25, 0.3) is 0 Å². The summed E-state index contributed by atoms with van der Waals surface area (Å²) in [6, 6.07) is 7.56. The average molecular weight is 354 g/mol. The molecule has 136 valence electrons. The van der Waals surface area contributed by atoms with Crippen molar-refractivity contribution in [3.05, 3.63) is 35.4 Å². The molecular weight excluding hydrogens is 332 g/mol. The van der Waals surface area contributed by atoms with Gasteiger partial charge in [0.2, 0.25) is 18.2 Å². The molecule has 3 amide bonds. The smallest absolute Gasteiger partial charge is 0.234 e. The van der Waals surface area contributed by atoms with Crippen LogP contribution in [0.1, 0.15) is 42.7 Å². The highest BCUT2D eigenvalue weighted by Crippen LogP contribution is 2.25. The molecule has 0 spiro atoms. The summed E-state index contributed by atoms with van der Waals surface area (Å²) in [5.74, 6) is 5.33. The maximum atomic E-state index is 12.0. The Balaban J connectivity index is 1.53. The molecule has 1 unspecified atom stereocenters. The molecule has 2 aliphatic rings. The van der Waals surface area contributed by atoms with Gasteiger partial charge in [-0.3, -0.25) is 19.7 Å². The van der Waals surface area contributed by atoms with E-state index in [1.54, 1.807) is 4.90 Å². The lowest BCUT2D eigenvalue weighted by atomic mass is 9.90. The zero-order valence-electron chi connectivity index (χ0n) is 14.6. The number of carbonyl (C=O) groups is 3. The molecule has 6 nitrogen and oxygen atoms in total. The summed E-state index contributed by atoms with van der Waals surface area (Å²) in [5, 5.41) is 2.38. The second-order valence-electron chi connectivity index (χ2n) is 6.58. The predicted octanol–water partition coefficient (Wildman–Crippen LogP) is 1.20. The lowest BCUT2D eigenvalue weighted by Gasteiger charge is -2.28. The van der Waals surface area contributed by atoms with E-state index in [1.807, 2.05) is 24.3 Å². The first-order chi connectivity index (χ1) is 12.7. The molecule has 3 rings (SSSR count). The number of likely N-dealkylation sites (tertiary alicyclic amines) is 1. The van der Waals surface area contributed by atoms with Crippen molar-refractivity contribution in [1.29, 1.82) is 0 Å². The number of carbonyl (C=O) groups excluding carboxylic acids is 3. The van der Waals surface area contributed by atoms with E-state index in [4.69, 9.17) is 4.74 Å². The Morgan fingerprint density at radius 1 is 1.23 bits per heavy atom. The molecule has 0 radical (unpaired) electrons. The summed E-state index contributed by atoms with van der Waals surface area (Å²) in [6.45, 7) is 1.81. The van der Waals surface area contributed by atoms with E-state index < -0.39 is 0 Å². The minimum Gasteiger partial charge on any atom is -0.365 e. The van der Waals surface area contributed by atoms with Gasteiger partial charge in [0, 0.05) is 25.1 Å². The van der Waals surface area contributed by atoms with Crippen LogP contribution in [0.4, 0.5) is 0 Å². The molecule has 6 heteroatoms. The van der Waals surface area contributed by atoms with Gasteiger partial charge in [-0.05, 0) is 37.0 Å². The van der Waals surface area contributed by atoms with Crippen LogP contribution in [0.3, 0.4) is 0 Å². The molecule has 0 bridgehead atoms. The van der Waals surface area contributed by atoms with Crippen LogP contribution in [-0.2, 0) is 19.1 Å². The zero-order chi connectivity index (χ0) is 18.4. The number of rotatable bonds is 4. The molecule has 2 fully saturated rings. The second kappa shape index (κ2) is 8.63. The third kappa shape index (κ3) is 4.70. The van der Waals surface area contributed by atoms with Crippen LogP contribution in [0.15, 0.2) is 24.3 Å². The van der Waals surface area contributed by atoms with Crippen LogP contribution >= 0.6 is 0 Å². The first kappa shape index (κ1) is 18.2. The van der Waals surface area contributed by atoms with Crippen molar-refractivity contribution in [3.8, 4) is 11.8 Å². The van der Waals surface area contributed by atoms with Crippen LogP contribution in [-0.4, -0.2) is 48.9 Å². The van der Waals surface area contributed by atoms with E-state index in [2.05, 4.69) is 17.2 Å². The van der Waals surface area contributed by atoms with Crippen molar-refractivity contribution in [3.63, 3.8) is 0 Å². The zero-order valence-corrected chi connectivity index (χ0v) is 14.6. The lowest BCUT2D eigenvalue weighted by molar-refractivity contribution is -0.134. The Bertz CT molecular complexity index is 742. The van der Waals surface area contributed by atoms with Crippen LogP contribution in [0.2, 0.25) is 0 Å². The van der Waals surface area contributed by atoms with Gasteiger partial charge in [-0.1, -0.05) is 24.0 Å². The molecule has 26 heavy (non-hydrogen) atoms. The standard InChI is InChI=1S/C20H22N2O4/c23-14-22-10-8-17(9-11-22)26-12-2-4-15-3-1-5-16(13-15)18-6-7-19(24)21-20(18)25/h1,3,5,13-14,17-18H,6-12H2,(H,21,24,25). The lowest BCUT2D eigenvalue weighted by Crippen LogP contribution is -2.39. The fraction of sp³-hybridized carbons (Fsp3) is 0.450. The van der Waals surface area contributed by atoms with Crippen LogP contribution < -0.4 is 5.32 Å². The van der Waals surface area contributed by atoms with Gasteiger partial charge in [0.1, 0.15) is 6.61 Å². The Morgan fingerprint density at radius 2 is 2.04 bits per heavy atom. The van der Waals surface area contributed by atoms with E-state index in [0.29, 0.717) is 19.4 Å². The van der Waals surface area contributed by atoms with E-state index in [0.717, 1.165) is 43.5 Å². The third-order valence-electron chi connectivity index (χ3n) is 4.78. The summed E-state index contributed by atoms with van der Waals surface area (Å²) in [6.07, 6.45) is 3.60. The molecule has 2 aliphatic heterocycles. The molecule has 1 atom stereocenters. The predicted molar refractivity (Wildman–Crippen MR) is 95.1 cm³/mol. The third-order valence-corrected chi connectivity index (χ3v) is 4.78. The number of ether oxygens (including phenoxy) is 1. The van der Waals surface area contributed by atoms with Crippen molar-refractivity contribution < 1.29 is 19.1 Å². The maximum absolute atomic E-state index is 12.0. The Morgan fingerprint density at radius 3 is 2.77 bits per heavy atom. The SMILES string of the molecule is O=CN1CCC(OCC#Cc2cccc(C3CCC(=O)NC3=O)c2)CC1. The number of benzene rings is 1. The molecule has 0 saturated carbocycles. The minimum absolute atomic E-state index is 0.148. The Hall–Kier alpha value is -2.65. The van der Waals surface area contributed by atoms with Gasteiger partial charge < -0.3 is 9.64 Å². The summed E-state index contributed by atoms with van der Waals surface area (Å²) in [4.78, 5) is 35.7. The largest absolute Gasteiger partial charge is 0.365 e. The molecule has 0 aromatic heterocycles. The number of nitrogens with one attached hydrogen (secondary N) is 1. The number of piperidine rings is 2.